The number of carbonyl (C=O) groups is 1. The number of likely N-dealkylation sites (tertiary alicyclic amines) is 1. The first-order valence-corrected chi connectivity index (χ1v) is 9.97. The third kappa shape index (κ3) is 4.35. The molecular weight excluding hydrogens is 407 g/mol. The van der Waals surface area contributed by atoms with E-state index < -0.39 is 5.82 Å². The number of hydrogen-bond acceptors (Lipinski definition) is 8. The molecule has 11 heteroatoms. The molecule has 1 fully saturated rings. The summed E-state index contributed by atoms with van der Waals surface area (Å²) in [5.41, 5.74) is 0.534. The summed E-state index contributed by atoms with van der Waals surface area (Å²) >= 11 is 0. The highest BCUT2D eigenvalue weighted by Gasteiger charge is 2.26. The van der Waals surface area contributed by atoms with Gasteiger partial charge in [-0.15, -0.1) is 0 Å². The Morgan fingerprint density at radius 2 is 1.97 bits per heavy atom. The molecule has 1 aliphatic rings. The van der Waals surface area contributed by atoms with Crippen LogP contribution >= 0.6 is 0 Å². The number of piperidine rings is 1. The summed E-state index contributed by atoms with van der Waals surface area (Å²) in [6, 6.07) is 1.18. The second kappa shape index (κ2) is 8.70. The molecule has 3 aromatic heterocycles. The predicted octanol–water partition coefficient (Wildman–Crippen LogP) is 2.75. The number of ether oxygens (including phenoxy) is 3. The maximum atomic E-state index is 14.5. The van der Waals surface area contributed by atoms with E-state index in [-0.39, 0.29) is 29.9 Å². The van der Waals surface area contributed by atoms with Crippen LogP contribution in [0.15, 0.2) is 24.8 Å². The van der Waals surface area contributed by atoms with Crippen LogP contribution in [0.4, 0.5) is 9.18 Å². The summed E-state index contributed by atoms with van der Waals surface area (Å²) in [7, 11) is 1.42. The molecule has 0 unspecified atom stereocenters. The number of fused-ring (bicyclic) bond motifs is 1. The fourth-order valence-corrected chi connectivity index (χ4v) is 3.36. The van der Waals surface area contributed by atoms with E-state index in [1.54, 1.807) is 4.90 Å². The van der Waals surface area contributed by atoms with Crippen molar-refractivity contribution in [2.45, 2.75) is 38.9 Å². The van der Waals surface area contributed by atoms with Crippen LogP contribution in [0.2, 0.25) is 0 Å². The lowest BCUT2D eigenvalue weighted by Gasteiger charge is -2.31. The lowest BCUT2D eigenvalue weighted by Crippen LogP contribution is -2.42. The first-order chi connectivity index (χ1) is 15.0. The zero-order valence-electron chi connectivity index (χ0n) is 17.5. The van der Waals surface area contributed by atoms with Gasteiger partial charge in [0.2, 0.25) is 11.8 Å². The Morgan fingerprint density at radius 3 is 2.65 bits per heavy atom. The first kappa shape index (κ1) is 20.8. The van der Waals surface area contributed by atoms with Gasteiger partial charge in [0.15, 0.2) is 11.5 Å². The van der Waals surface area contributed by atoms with Crippen molar-refractivity contribution in [3.8, 4) is 17.4 Å². The summed E-state index contributed by atoms with van der Waals surface area (Å²) < 4.78 is 32.1. The topological polar surface area (TPSA) is 104 Å². The molecule has 0 atom stereocenters. The van der Waals surface area contributed by atoms with Crippen LogP contribution < -0.4 is 9.47 Å². The van der Waals surface area contributed by atoms with Gasteiger partial charge < -0.3 is 19.1 Å². The molecule has 0 saturated carbocycles. The minimum absolute atomic E-state index is 0.121. The lowest BCUT2D eigenvalue weighted by molar-refractivity contribution is 0.0511. The Labute approximate surface area is 178 Å². The van der Waals surface area contributed by atoms with E-state index in [1.165, 1.54) is 36.6 Å². The van der Waals surface area contributed by atoms with Crippen LogP contribution in [-0.4, -0.2) is 68.1 Å². The van der Waals surface area contributed by atoms with Gasteiger partial charge >= 0.3 is 6.09 Å². The molecule has 0 aliphatic carbocycles. The number of aromatic nitrogens is 5. The number of methoxy groups -OCH3 is 1. The second-order valence-electron chi connectivity index (χ2n) is 7.39. The van der Waals surface area contributed by atoms with Gasteiger partial charge in [-0.2, -0.15) is 5.10 Å². The average molecular weight is 430 g/mol. The van der Waals surface area contributed by atoms with Crippen molar-refractivity contribution in [3.63, 3.8) is 0 Å². The van der Waals surface area contributed by atoms with E-state index in [0.29, 0.717) is 42.8 Å². The van der Waals surface area contributed by atoms with Gasteiger partial charge in [-0.3, -0.25) is 0 Å². The third-order valence-electron chi connectivity index (χ3n) is 4.89. The van der Waals surface area contributed by atoms with Crippen molar-refractivity contribution in [3.05, 3.63) is 30.6 Å². The molecule has 0 aromatic carbocycles. The highest BCUT2D eigenvalue weighted by atomic mass is 19.1. The molecule has 31 heavy (non-hydrogen) atoms. The van der Waals surface area contributed by atoms with Crippen molar-refractivity contribution < 1.29 is 23.4 Å². The molecule has 1 amide bonds. The minimum Gasteiger partial charge on any atom is -0.481 e. The molecule has 4 heterocycles. The Kier molecular flexibility index (Phi) is 5.83. The Morgan fingerprint density at radius 1 is 1.19 bits per heavy atom. The number of amides is 1. The number of nitrogens with zero attached hydrogens (tertiary/aromatic N) is 6. The van der Waals surface area contributed by atoms with Crippen LogP contribution in [0.3, 0.4) is 0 Å². The molecular formula is C20H23FN6O4. The van der Waals surface area contributed by atoms with Crippen LogP contribution in [0.5, 0.6) is 11.8 Å². The van der Waals surface area contributed by atoms with Crippen LogP contribution in [0, 0.1) is 5.82 Å². The highest BCUT2D eigenvalue weighted by Crippen LogP contribution is 2.27. The van der Waals surface area contributed by atoms with E-state index in [1.807, 2.05) is 13.8 Å². The molecule has 0 spiro atoms. The molecule has 164 valence electrons. The number of carbonyl (C=O) groups excluding carboxylic acids is 1. The lowest BCUT2D eigenvalue weighted by atomic mass is 10.1. The third-order valence-corrected chi connectivity index (χ3v) is 4.89. The first-order valence-electron chi connectivity index (χ1n) is 9.97. The Hall–Kier alpha value is -3.50. The van der Waals surface area contributed by atoms with Gasteiger partial charge in [-0.05, 0) is 13.8 Å². The van der Waals surface area contributed by atoms with E-state index in [9.17, 15) is 9.18 Å². The quantitative estimate of drug-likeness (QED) is 0.609. The number of pyridine rings is 1. The smallest absolute Gasteiger partial charge is 0.410 e. The average Bonchev–Trinajstić information content (AvgIpc) is 3.18. The van der Waals surface area contributed by atoms with E-state index >= 15 is 0 Å². The SMILES string of the molecule is COc1cc(F)c(-n2ncc3c(OC4CCN(C(=O)OC(C)C)CC4)ncnc32)cn1. The van der Waals surface area contributed by atoms with Gasteiger partial charge in [-0.1, -0.05) is 0 Å². The normalized spacial score (nSPS) is 14.8. The van der Waals surface area contributed by atoms with Gasteiger partial charge in [0.1, 0.15) is 23.5 Å². The fraction of sp³-hybridized carbons (Fsp3) is 0.450. The molecule has 0 radical (unpaired) electrons. The van der Waals surface area contributed by atoms with Crippen LogP contribution in [-0.2, 0) is 4.74 Å². The highest BCUT2D eigenvalue weighted by molar-refractivity contribution is 5.81. The van der Waals surface area contributed by atoms with Gasteiger partial charge in [-0.25, -0.2) is 28.8 Å². The van der Waals surface area contributed by atoms with Crippen molar-refractivity contribution >= 4 is 17.1 Å². The van der Waals surface area contributed by atoms with Gasteiger partial charge in [0, 0.05) is 32.0 Å². The molecule has 0 bridgehead atoms. The summed E-state index contributed by atoms with van der Waals surface area (Å²) in [5.74, 6) is -0.0140. The fourth-order valence-electron chi connectivity index (χ4n) is 3.36. The maximum Gasteiger partial charge on any atom is 0.410 e. The monoisotopic (exact) mass is 430 g/mol. The Bertz CT molecular complexity index is 1080. The maximum absolute atomic E-state index is 14.5. The van der Waals surface area contributed by atoms with E-state index in [0.717, 1.165) is 0 Å². The summed E-state index contributed by atoms with van der Waals surface area (Å²) in [5, 5.41) is 4.80. The number of rotatable bonds is 5. The van der Waals surface area contributed by atoms with Crippen molar-refractivity contribution in [2.24, 2.45) is 0 Å². The molecule has 1 saturated heterocycles. The Balaban J connectivity index is 1.50. The van der Waals surface area contributed by atoms with E-state index in [2.05, 4.69) is 20.1 Å². The molecule has 3 aromatic rings. The van der Waals surface area contributed by atoms with Crippen LogP contribution in [0.25, 0.3) is 16.7 Å². The largest absolute Gasteiger partial charge is 0.481 e. The van der Waals surface area contributed by atoms with Gasteiger partial charge in [0.25, 0.3) is 0 Å². The number of hydrogen-bond donors (Lipinski definition) is 0. The zero-order chi connectivity index (χ0) is 22.0. The van der Waals surface area contributed by atoms with Crippen molar-refractivity contribution in [1.82, 2.24) is 29.6 Å². The van der Waals surface area contributed by atoms with Crippen molar-refractivity contribution in [2.75, 3.05) is 20.2 Å². The minimum atomic E-state index is -0.543. The van der Waals surface area contributed by atoms with Crippen LogP contribution in [0.1, 0.15) is 26.7 Å². The van der Waals surface area contributed by atoms with Crippen molar-refractivity contribution in [1.29, 1.82) is 0 Å². The summed E-state index contributed by atoms with van der Waals surface area (Å²) in [6.45, 7) is 4.71. The predicted molar refractivity (Wildman–Crippen MR) is 108 cm³/mol. The standard InChI is InChI=1S/C20H23FN6O4/c1-12(2)30-20(28)26-6-4-13(5-7-26)31-19-14-9-25-27(18(14)23-11-24-19)16-10-22-17(29-3)8-15(16)21/h8-13H,4-7H2,1-3H3. The second-order valence-corrected chi connectivity index (χ2v) is 7.39. The molecule has 1 aliphatic heterocycles. The molecule has 10 nitrogen and oxygen atoms in total. The summed E-state index contributed by atoms with van der Waals surface area (Å²) in [6.07, 6.45) is 4.91. The van der Waals surface area contributed by atoms with Gasteiger partial charge in [0.05, 0.1) is 25.6 Å². The molecule has 0 N–H and O–H groups in total. The van der Waals surface area contributed by atoms with E-state index in [4.69, 9.17) is 14.2 Å². The molecule has 4 rings (SSSR count). The number of halogens is 1. The summed E-state index contributed by atoms with van der Waals surface area (Å²) in [4.78, 5) is 26.2. The zero-order valence-corrected chi connectivity index (χ0v) is 17.5.